The summed E-state index contributed by atoms with van der Waals surface area (Å²) in [6, 6.07) is 6.01. The highest BCUT2D eigenvalue weighted by Gasteiger charge is 2.31. The van der Waals surface area contributed by atoms with Crippen LogP contribution in [-0.4, -0.2) is 43.1 Å². The minimum Gasteiger partial charge on any atom is -0.481 e. The maximum Gasteiger partial charge on any atom is 0.330 e. The molecule has 2 aliphatic rings. The predicted molar refractivity (Wildman–Crippen MR) is 121 cm³/mol. The van der Waals surface area contributed by atoms with Gasteiger partial charge in [0.05, 0.1) is 0 Å². The standard InChI is InChI=1S/C18H23NO3.C3H9N.C3H6O2/c1-12(20)19-11-18(21)22-15-9-8-14-7-6-13-4-2-3-5-16(13)17(14)10-15;1-3-4-2;1-2-3(4)5/h8-10,13,16H,2-7,11H2,1H3,(H,19,20);4H,3H2,1-2H3;2H2,1H3,(H,4,5). The molecule has 7 nitrogen and oxygen atoms in total. The second-order valence-electron chi connectivity index (χ2n) is 7.89. The smallest absolute Gasteiger partial charge is 0.330 e. The number of carbonyl (C=O) groups is 3. The number of carboxylic acids is 1. The molecule has 2 unspecified atom stereocenters. The first-order valence-corrected chi connectivity index (χ1v) is 11.3. The highest BCUT2D eigenvalue weighted by atomic mass is 16.5. The van der Waals surface area contributed by atoms with Crippen LogP contribution in [0.15, 0.2) is 18.2 Å². The summed E-state index contributed by atoms with van der Waals surface area (Å²) < 4.78 is 5.36. The maximum atomic E-state index is 11.7. The molecule has 1 aromatic rings. The van der Waals surface area contributed by atoms with Crippen molar-refractivity contribution in [2.24, 2.45) is 5.92 Å². The average Bonchev–Trinajstić information content (AvgIpc) is 2.78. The molecule has 0 spiro atoms. The quantitative estimate of drug-likeness (QED) is 0.483. The van der Waals surface area contributed by atoms with Gasteiger partial charge in [0.25, 0.3) is 0 Å². The zero-order valence-electron chi connectivity index (χ0n) is 19.3. The lowest BCUT2D eigenvalue weighted by molar-refractivity contribution is -0.136. The van der Waals surface area contributed by atoms with Crippen molar-refractivity contribution in [2.75, 3.05) is 20.1 Å². The van der Waals surface area contributed by atoms with E-state index in [2.05, 4.69) is 23.6 Å². The summed E-state index contributed by atoms with van der Waals surface area (Å²) in [6.07, 6.45) is 7.88. The molecule has 3 rings (SSSR count). The number of aliphatic carboxylic acids is 1. The van der Waals surface area contributed by atoms with E-state index in [1.165, 1.54) is 50.2 Å². The number of carbonyl (C=O) groups excluding carboxylic acids is 2. The number of esters is 1. The summed E-state index contributed by atoms with van der Waals surface area (Å²) in [5, 5.41) is 13.1. The Kier molecular flexibility index (Phi) is 12.5. The van der Waals surface area contributed by atoms with E-state index >= 15 is 0 Å². The van der Waals surface area contributed by atoms with Gasteiger partial charge in [-0.05, 0) is 74.4 Å². The Morgan fingerprint density at radius 2 is 1.77 bits per heavy atom. The monoisotopic (exact) mass is 434 g/mol. The first-order chi connectivity index (χ1) is 14.8. The lowest BCUT2D eigenvalue weighted by Gasteiger charge is -2.37. The minimum absolute atomic E-state index is 0.0848. The number of hydrogen-bond donors (Lipinski definition) is 3. The SMILES string of the molecule is CC(=O)NCC(=O)Oc1ccc2c(c1)C1CCCCC1CC2.CCC(=O)O.CCNC. The molecule has 0 aromatic heterocycles. The molecule has 0 radical (unpaired) electrons. The molecule has 0 heterocycles. The van der Waals surface area contributed by atoms with Crippen LogP contribution in [0.1, 0.15) is 76.3 Å². The van der Waals surface area contributed by atoms with Crippen LogP contribution in [0.5, 0.6) is 5.75 Å². The molecule has 1 saturated carbocycles. The van der Waals surface area contributed by atoms with E-state index in [0.717, 1.165) is 18.9 Å². The molecular weight excluding hydrogens is 396 g/mol. The molecule has 2 atom stereocenters. The van der Waals surface area contributed by atoms with E-state index in [1.54, 1.807) is 6.92 Å². The lowest BCUT2D eigenvalue weighted by Crippen LogP contribution is -2.30. The van der Waals surface area contributed by atoms with Crippen LogP contribution in [0, 0.1) is 5.92 Å². The average molecular weight is 435 g/mol. The van der Waals surface area contributed by atoms with Gasteiger partial charge in [-0.2, -0.15) is 0 Å². The van der Waals surface area contributed by atoms with Gasteiger partial charge in [0.15, 0.2) is 0 Å². The second-order valence-corrected chi connectivity index (χ2v) is 7.89. The first-order valence-electron chi connectivity index (χ1n) is 11.3. The number of fused-ring (bicyclic) bond motifs is 3. The van der Waals surface area contributed by atoms with E-state index in [9.17, 15) is 14.4 Å². The van der Waals surface area contributed by atoms with E-state index in [-0.39, 0.29) is 18.9 Å². The molecule has 1 aromatic carbocycles. The van der Waals surface area contributed by atoms with Crippen molar-refractivity contribution in [1.29, 1.82) is 0 Å². The summed E-state index contributed by atoms with van der Waals surface area (Å²) in [6.45, 7) is 6.04. The fourth-order valence-corrected chi connectivity index (χ4v) is 3.88. The number of benzene rings is 1. The summed E-state index contributed by atoms with van der Waals surface area (Å²) in [4.78, 5) is 31.9. The van der Waals surface area contributed by atoms with E-state index in [0.29, 0.717) is 11.7 Å². The predicted octanol–water partition coefficient (Wildman–Crippen LogP) is 3.65. The van der Waals surface area contributed by atoms with Crippen LogP contribution >= 0.6 is 0 Å². The Balaban J connectivity index is 0.000000454. The zero-order chi connectivity index (χ0) is 23.2. The van der Waals surface area contributed by atoms with Crippen molar-refractivity contribution in [2.45, 2.75) is 71.6 Å². The number of carboxylic acid groups (broad SMARTS) is 1. The molecular formula is C24H38N2O5. The van der Waals surface area contributed by atoms with Crippen LogP contribution in [0.25, 0.3) is 0 Å². The van der Waals surface area contributed by atoms with Crippen molar-refractivity contribution in [3.05, 3.63) is 29.3 Å². The first kappa shape index (κ1) is 26.6. The van der Waals surface area contributed by atoms with Gasteiger partial charge >= 0.3 is 11.9 Å². The number of hydrogen-bond acceptors (Lipinski definition) is 5. The Morgan fingerprint density at radius 1 is 1.13 bits per heavy atom. The largest absolute Gasteiger partial charge is 0.481 e. The van der Waals surface area contributed by atoms with Crippen LogP contribution in [-0.2, 0) is 20.8 Å². The van der Waals surface area contributed by atoms with E-state index < -0.39 is 11.9 Å². The summed E-state index contributed by atoms with van der Waals surface area (Å²) in [7, 11) is 1.93. The summed E-state index contributed by atoms with van der Waals surface area (Å²) in [5.41, 5.74) is 2.78. The Labute approximate surface area is 185 Å². The van der Waals surface area contributed by atoms with Gasteiger partial charge in [-0.3, -0.25) is 9.59 Å². The van der Waals surface area contributed by atoms with Crippen molar-refractivity contribution in [3.63, 3.8) is 0 Å². The molecule has 0 aliphatic heterocycles. The third-order valence-corrected chi connectivity index (χ3v) is 5.58. The number of rotatable bonds is 5. The zero-order valence-corrected chi connectivity index (χ0v) is 19.3. The summed E-state index contributed by atoms with van der Waals surface area (Å²) in [5.74, 6) is 0.627. The molecule has 1 fully saturated rings. The van der Waals surface area contributed by atoms with Crippen molar-refractivity contribution < 1.29 is 24.2 Å². The van der Waals surface area contributed by atoms with Crippen molar-refractivity contribution in [1.82, 2.24) is 10.6 Å². The lowest BCUT2D eigenvalue weighted by atomic mass is 9.68. The molecule has 7 heteroatoms. The van der Waals surface area contributed by atoms with Gasteiger partial charge < -0.3 is 20.5 Å². The third-order valence-electron chi connectivity index (χ3n) is 5.58. The van der Waals surface area contributed by atoms with Gasteiger partial charge in [-0.15, -0.1) is 0 Å². The van der Waals surface area contributed by atoms with Gasteiger partial charge in [0.2, 0.25) is 5.91 Å². The highest BCUT2D eigenvalue weighted by Crippen LogP contribution is 2.45. The van der Waals surface area contributed by atoms with Crippen molar-refractivity contribution >= 4 is 17.8 Å². The third kappa shape index (κ3) is 9.96. The fraction of sp³-hybridized carbons (Fsp3) is 0.625. The molecule has 3 N–H and O–H groups in total. The van der Waals surface area contributed by atoms with Crippen molar-refractivity contribution in [3.8, 4) is 5.75 Å². The number of nitrogens with one attached hydrogen (secondary N) is 2. The van der Waals surface area contributed by atoms with Crippen LogP contribution in [0.2, 0.25) is 0 Å². The topological polar surface area (TPSA) is 105 Å². The maximum absolute atomic E-state index is 11.7. The molecule has 2 aliphatic carbocycles. The Bertz CT molecular complexity index is 718. The normalized spacial score (nSPS) is 18.6. The Morgan fingerprint density at radius 3 is 2.35 bits per heavy atom. The van der Waals surface area contributed by atoms with Gasteiger partial charge in [-0.1, -0.05) is 32.8 Å². The molecule has 1 amide bonds. The Hall–Kier alpha value is -2.41. The van der Waals surface area contributed by atoms with Gasteiger partial charge in [-0.25, -0.2) is 4.79 Å². The summed E-state index contributed by atoms with van der Waals surface area (Å²) >= 11 is 0. The fourth-order valence-electron chi connectivity index (χ4n) is 3.88. The minimum atomic E-state index is -0.745. The number of ether oxygens (including phenoxy) is 1. The van der Waals surface area contributed by atoms with E-state index in [4.69, 9.17) is 9.84 Å². The molecule has 0 saturated heterocycles. The molecule has 31 heavy (non-hydrogen) atoms. The highest BCUT2D eigenvalue weighted by molar-refractivity contribution is 5.81. The molecule has 174 valence electrons. The molecule has 0 bridgehead atoms. The van der Waals surface area contributed by atoms with E-state index in [1.807, 2.05) is 19.2 Å². The number of aryl methyl sites for hydroxylation is 1. The second kappa shape index (κ2) is 14.6. The van der Waals surface area contributed by atoms with Gasteiger partial charge in [0.1, 0.15) is 12.3 Å². The number of amides is 1. The van der Waals surface area contributed by atoms with Crippen LogP contribution in [0.4, 0.5) is 0 Å². The van der Waals surface area contributed by atoms with Gasteiger partial charge in [0, 0.05) is 13.3 Å². The van der Waals surface area contributed by atoms with Crippen LogP contribution < -0.4 is 15.4 Å². The van der Waals surface area contributed by atoms with Crippen LogP contribution in [0.3, 0.4) is 0 Å².